The Morgan fingerprint density at radius 1 is 1.26 bits per heavy atom. The third-order valence-corrected chi connectivity index (χ3v) is 3.21. The fourth-order valence-electron chi connectivity index (χ4n) is 2.32. The third-order valence-electron chi connectivity index (χ3n) is 3.21. The van der Waals surface area contributed by atoms with Crippen LogP contribution in [0.5, 0.6) is 0 Å². The van der Waals surface area contributed by atoms with Gasteiger partial charge in [-0.05, 0) is 16.9 Å². The molecule has 0 saturated heterocycles. The molecule has 2 rings (SSSR count). The van der Waals surface area contributed by atoms with Gasteiger partial charge >= 0.3 is 0 Å². The van der Waals surface area contributed by atoms with E-state index in [1.54, 1.807) is 19.5 Å². The summed E-state index contributed by atoms with van der Waals surface area (Å²) in [6.07, 6.45) is 3.00. The highest BCUT2D eigenvalue weighted by Gasteiger charge is 2.32. The summed E-state index contributed by atoms with van der Waals surface area (Å²) in [6.45, 7) is 6.01. The van der Waals surface area contributed by atoms with Gasteiger partial charge in [-0.15, -0.1) is 0 Å². The summed E-state index contributed by atoms with van der Waals surface area (Å²) >= 11 is 0. The van der Waals surface area contributed by atoms with Crippen molar-refractivity contribution in [3.63, 3.8) is 0 Å². The third kappa shape index (κ3) is 2.66. The highest BCUT2D eigenvalue weighted by atomic mass is 16.5. The summed E-state index contributed by atoms with van der Waals surface area (Å²) in [6, 6.07) is 7.62. The Hall–Kier alpha value is -1.74. The lowest BCUT2D eigenvalue weighted by molar-refractivity contribution is 0.0197. The van der Waals surface area contributed by atoms with E-state index in [1.165, 1.54) is 0 Å². The zero-order valence-electron chi connectivity index (χ0n) is 11.8. The van der Waals surface area contributed by atoms with Crippen molar-refractivity contribution in [2.24, 2.45) is 5.41 Å². The zero-order chi connectivity index (χ0) is 14.0. The summed E-state index contributed by atoms with van der Waals surface area (Å²) in [7, 11) is 1.58. The number of rotatable bonds is 3. The van der Waals surface area contributed by atoms with Gasteiger partial charge in [-0.2, -0.15) is 0 Å². The molecule has 0 N–H and O–H groups in total. The van der Waals surface area contributed by atoms with Crippen molar-refractivity contribution in [1.29, 1.82) is 0 Å². The fourth-order valence-corrected chi connectivity index (χ4v) is 2.32. The molecule has 0 amide bonds. The number of Topliss-reactive ketones (excluding diaryl/α,β-unsaturated/α-hetero) is 1. The first-order valence-electron chi connectivity index (χ1n) is 6.35. The fraction of sp³-hybridized carbons (Fsp3) is 0.375. The van der Waals surface area contributed by atoms with E-state index in [0.717, 1.165) is 10.8 Å². The maximum absolute atomic E-state index is 12.7. The Balaban J connectivity index is 2.53. The monoisotopic (exact) mass is 257 g/mol. The van der Waals surface area contributed by atoms with E-state index < -0.39 is 6.10 Å². The number of fused-ring (bicyclic) bond motifs is 1. The molecule has 3 heteroatoms. The van der Waals surface area contributed by atoms with Crippen LogP contribution in [-0.2, 0) is 4.74 Å². The predicted molar refractivity (Wildman–Crippen MR) is 76.3 cm³/mol. The zero-order valence-corrected chi connectivity index (χ0v) is 11.8. The molecule has 2 aromatic rings. The molecular weight excluding hydrogens is 238 g/mol. The second-order valence-electron chi connectivity index (χ2n) is 5.75. The van der Waals surface area contributed by atoms with Gasteiger partial charge in [0.25, 0.3) is 0 Å². The average molecular weight is 257 g/mol. The first-order valence-corrected chi connectivity index (χ1v) is 6.35. The molecule has 0 radical (unpaired) electrons. The molecule has 0 spiro atoms. The van der Waals surface area contributed by atoms with Crippen LogP contribution in [0.25, 0.3) is 10.8 Å². The highest BCUT2D eigenvalue weighted by molar-refractivity contribution is 6.10. The van der Waals surface area contributed by atoms with Crippen LogP contribution in [0.3, 0.4) is 0 Å². The first kappa shape index (κ1) is 13.7. The molecular formula is C16H19NO2. The van der Waals surface area contributed by atoms with Crippen LogP contribution in [-0.4, -0.2) is 24.0 Å². The highest BCUT2D eigenvalue weighted by Crippen LogP contribution is 2.27. The van der Waals surface area contributed by atoms with Gasteiger partial charge < -0.3 is 4.74 Å². The molecule has 0 fully saturated rings. The molecule has 1 unspecified atom stereocenters. The second kappa shape index (κ2) is 5.10. The van der Waals surface area contributed by atoms with Gasteiger partial charge in [0, 0.05) is 30.5 Å². The smallest absolute Gasteiger partial charge is 0.192 e. The summed E-state index contributed by atoms with van der Waals surface area (Å²) in [5.41, 5.74) is 0.434. The van der Waals surface area contributed by atoms with Gasteiger partial charge in [0.15, 0.2) is 5.78 Å². The van der Waals surface area contributed by atoms with Gasteiger partial charge in [0.05, 0.1) is 0 Å². The number of hydrogen-bond donors (Lipinski definition) is 0. The maximum atomic E-state index is 12.7. The number of carbonyl (C=O) groups excluding carboxylic acids is 1. The Morgan fingerprint density at radius 2 is 2.00 bits per heavy atom. The Bertz CT molecular complexity index is 594. The lowest BCUT2D eigenvalue weighted by Gasteiger charge is -2.28. The summed E-state index contributed by atoms with van der Waals surface area (Å²) in [5, 5.41) is 1.89. The van der Waals surface area contributed by atoms with Crippen molar-refractivity contribution >= 4 is 16.6 Å². The molecule has 1 aromatic carbocycles. The molecule has 0 bridgehead atoms. The van der Waals surface area contributed by atoms with Crippen LogP contribution in [0, 0.1) is 5.41 Å². The number of carbonyl (C=O) groups is 1. The first-order chi connectivity index (χ1) is 8.95. The van der Waals surface area contributed by atoms with E-state index in [9.17, 15) is 4.79 Å². The molecule has 0 aliphatic rings. The van der Waals surface area contributed by atoms with Crippen LogP contribution in [0.1, 0.15) is 31.1 Å². The van der Waals surface area contributed by atoms with Gasteiger partial charge in [-0.25, -0.2) is 0 Å². The van der Waals surface area contributed by atoms with Crippen LogP contribution in [0.2, 0.25) is 0 Å². The molecule has 0 aliphatic heterocycles. The number of ether oxygens (including phenoxy) is 1. The van der Waals surface area contributed by atoms with Crippen LogP contribution < -0.4 is 0 Å². The minimum absolute atomic E-state index is 0.00796. The molecule has 1 heterocycles. The molecule has 1 aromatic heterocycles. The molecule has 3 nitrogen and oxygen atoms in total. The van der Waals surface area contributed by atoms with E-state index in [1.807, 2.05) is 45.0 Å². The van der Waals surface area contributed by atoms with Crippen molar-refractivity contribution in [3.8, 4) is 0 Å². The van der Waals surface area contributed by atoms with Gasteiger partial charge in [-0.3, -0.25) is 9.78 Å². The Kier molecular flexibility index (Phi) is 3.67. The largest absolute Gasteiger partial charge is 0.373 e. The lowest BCUT2D eigenvalue weighted by Crippen LogP contribution is -2.36. The number of pyridine rings is 1. The number of nitrogens with zero attached hydrogens (tertiary/aromatic N) is 1. The molecule has 0 saturated carbocycles. The van der Waals surface area contributed by atoms with Crippen LogP contribution >= 0.6 is 0 Å². The number of methoxy groups -OCH3 is 1. The standard InChI is InChI=1S/C16H19NO2/c1-16(2,3)15(19-4)14(18)12-7-5-6-11-8-9-17-10-13(11)12/h5-10,15H,1-4H3. The number of aromatic nitrogens is 1. The maximum Gasteiger partial charge on any atom is 0.192 e. The lowest BCUT2D eigenvalue weighted by atomic mass is 9.83. The molecule has 19 heavy (non-hydrogen) atoms. The molecule has 0 aliphatic carbocycles. The summed E-state index contributed by atoms with van der Waals surface area (Å²) in [4.78, 5) is 16.8. The van der Waals surface area contributed by atoms with Crippen molar-refractivity contribution in [3.05, 3.63) is 42.2 Å². The van der Waals surface area contributed by atoms with Gasteiger partial charge in [0.1, 0.15) is 6.10 Å². The van der Waals surface area contributed by atoms with Crippen molar-refractivity contribution in [1.82, 2.24) is 4.98 Å². The van der Waals surface area contributed by atoms with Crippen molar-refractivity contribution < 1.29 is 9.53 Å². The SMILES string of the molecule is COC(C(=O)c1cccc2ccncc12)C(C)(C)C. The number of hydrogen-bond acceptors (Lipinski definition) is 3. The van der Waals surface area contributed by atoms with Gasteiger partial charge in [-0.1, -0.05) is 39.0 Å². The quantitative estimate of drug-likeness (QED) is 0.790. The number of benzene rings is 1. The van der Waals surface area contributed by atoms with E-state index in [2.05, 4.69) is 4.98 Å². The average Bonchev–Trinajstić information content (AvgIpc) is 2.37. The van der Waals surface area contributed by atoms with E-state index >= 15 is 0 Å². The van der Waals surface area contributed by atoms with Crippen LogP contribution in [0.4, 0.5) is 0 Å². The predicted octanol–water partition coefficient (Wildman–Crippen LogP) is 3.48. The second-order valence-corrected chi connectivity index (χ2v) is 5.75. The van der Waals surface area contributed by atoms with E-state index in [4.69, 9.17) is 4.74 Å². The minimum atomic E-state index is -0.460. The Labute approximate surface area is 113 Å². The van der Waals surface area contributed by atoms with Crippen molar-refractivity contribution in [2.45, 2.75) is 26.9 Å². The van der Waals surface area contributed by atoms with E-state index in [0.29, 0.717) is 5.56 Å². The van der Waals surface area contributed by atoms with Gasteiger partial charge in [0.2, 0.25) is 0 Å². The van der Waals surface area contributed by atoms with E-state index in [-0.39, 0.29) is 11.2 Å². The van der Waals surface area contributed by atoms with Crippen LogP contribution in [0.15, 0.2) is 36.7 Å². The molecule has 100 valence electrons. The minimum Gasteiger partial charge on any atom is -0.373 e. The summed E-state index contributed by atoms with van der Waals surface area (Å²) < 4.78 is 5.41. The molecule has 1 atom stereocenters. The Morgan fingerprint density at radius 3 is 2.63 bits per heavy atom. The topological polar surface area (TPSA) is 39.2 Å². The summed E-state index contributed by atoms with van der Waals surface area (Å²) in [5.74, 6) is 0.00796. The normalized spacial score (nSPS) is 13.5. The number of ketones is 1. The van der Waals surface area contributed by atoms with Crippen molar-refractivity contribution in [2.75, 3.05) is 7.11 Å².